The smallest absolute Gasteiger partial charge is 0.328 e. The molecular formula is C10H10BrFN2O4. The van der Waals surface area contributed by atoms with Crippen LogP contribution in [0.1, 0.15) is 0 Å². The summed E-state index contributed by atoms with van der Waals surface area (Å²) >= 11 is 3.10. The number of carbonyl (C=O) groups excluding carboxylic acids is 1. The van der Waals surface area contributed by atoms with Crippen LogP contribution in [-0.2, 0) is 4.79 Å². The summed E-state index contributed by atoms with van der Waals surface area (Å²) in [5.41, 5.74) is 0.148. The van der Waals surface area contributed by atoms with Gasteiger partial charge >= 0.3 is 12.0 Å². The topological polar surface area (TPSA) is 98.7 Å². The van der Waals surface area contributed by atoms with Gasteiger partial charge in [-0.3, -0.25) is 0 Å². The maximum absolute atomic E-state index is 12.9. The second-order valence-corrected chi connectivity index (χ2v) is 4.15. The fourth-order valence-corrected chi connectivity index (χ4v) is 1.44. The minimum atomic E-state index is -1.42. The van der Waals surface area contributed by atoms with Gasteiger partial charge in [0.2, 0.25) is 0 Å². The number of hydrogen-bond acceptors (Lipinski definition) is 3. The third kappa shape index (κ3) is 3.97. The van der Waals surface area contributed by atoms with Crippen molar-refractivity contribution in [1.82, 2.24) is 5.32 Å². The molecule has 2 amide bonds. The third-order valence-electron chi connectivity index (χ3n) is 1.96. The van der Waals surface area contributed by atoms with Gasteiger partial charge in [-0.25, -0.2) is 14.0 Å². The highest BCUT2D eigenvalue weighted by atomic mass is 79.9. The van der Waals surface area contributed by atoms with Crippen molar-refractivity contribution in [2.45, 2.75) is 6.04 Å². The normalized spacial score (nSPS) is 11.7. The van der Waals surface area contributed by atoms with Gasteiger partial charge in [-0.05, 0) is 34.1 Å². The van der Waals surface area contributed by atoms with Gasteiger partial charge in [0, 0.05) is 4.47 Å². The molecule has 1 aromatic rings. The lowest BCUT2D eigenvalue weighted by atomic mass is 10.3. The molecule has 4 N–H and O–H groups in total. The number of aliphatic carboxylic acids is 1. The molecule has 8 heteroatoms. The molecular weight excluding hydrogens is 311 g/mol. The van der Waals surface area contributed by atoms with Crippen LogP contribution in [0, 0.1) is 5.82 Å². The zero-order valence-corrected chi connectivity index (χ0v) is 10.6. The summed E-state index contributed by atoms with van der Waals surface area (Å²) in [5, 5.41) is 21.6. The third-order valence-corrected chi connectivity index (χ3v) is 2.65. The van der Waals surface area contributed by atoms with E-state index in [-0.39, 0.29) is 5.69 Å². The number of urea groups is 1. The summed E-state index contributed by atoms with van der Waals surface area (Å²) in [6.45, 7) is -0.743. The quantitative estimate of drug-likeness (QED) is 0.669. The number of aliphatic hydroxyl groups excluding tert-OH is 1. The number of amides is 2. The predicted molar refractivity (Wildman–Crippen MR) is 64.8 cm³/mol. The van der Waals surface area contributed by atoms with Crippen molar-refractivity contribution >= 4 is 33.6 Å². The van der Waals surface area contributed by atoms with Crippen molar-refractivity contribution in [1.29, 1.82) is 0 Å². The molecule has 6 nitrogen and oxygen atoms in total. The highest BCUT2D eigenvalue weighted by molar-refractivity contribution is 9.10. The van der Waals surface area contributed by atoms with Crippen LogP contribution in [-0.4, -0.2) is 34.9 Å². The second kappa shape index (κ2) is 6.31. The van der Waals surface area contributed by atoms with E-state index in [9.17, 15) is 14.0 Å². The highest BCUT2D eigenvalue weighted by Gasteiger charge is 2.19. The highest BCUT2D eigenvalue weighted by Crippen LogP contribution is 2.22. The van der Waals surface area contributed by atoms with Gasteiger partial charge in [0.25, 0.3) is 0 Å². The molecule has 98 valence electrons. The Morgan fingerprint density at radius 1 is 1.44 bits per heavy atom. The Balaban J connectivity index is 2.70. The predicted octanol–water partition coefficient (Wildman–Crippen LogP) is 1.16. The Hall–Kier alpha value is -1.67. The maximum atomic E-state index is 12.9. The number of aliphatic hydroxyl groups is 1. The molecule has 0 aliphatic heterocycles. The number of anilines is 1. The summed E-state index contributed by atoms with van der Waals surface area (Å²) < 4.78 is 13.4. The molecule has 0 bridgehead atoms. The number of benzene rings is 1. The van der Waals surface area contributed by atoms with Gasteiger partial charge in [-0.1, -0.05) is 0 Å². The number of carboxylic acids is 1. The van der Waals surface area contributed by atoms with Crippen LogP contribution in [0.5, 0.6) is 0 Å². The van der Waals surface area contributed by atoms with Crippen molar-refractivity contribution < 1.29 is 24.2 Å². The average Bonchev–Trinajstić information content (AvgIpc) is 2.30. The molecule has 0 radical (unpaired) electrons. The van der Waals surface area contributed by atoms with Crippen molar-refractivity contribution in [2.24, 2.45) is 0 Å². The Morgan fingerprint density at radius 3 is 2.67 bits per heavy atom. The van der Waals surface area contributed by atoms with Crippen molar-refractivity contribution in [3.05, 3.63) is 28.5 Å². The van der Waals surface area contributed by atoms with Gasteiger partial charge in [0.15, 0.2) is 6.04 Å². The molecule has 0 heterocycles. The van der Waals surface area contributed by atoms with E-state index in [0.717, 1.165) is 6.07 Å². The van der Waals surface area contributed by atoms with Gasteiger partial charge in [-0.15, -0.1) is 0 Å². The van der Waals surface area contributed by atoms with Gasteiger partial charge in [0.05, 0.1) is 12.3 Å². The summed E-state index contributed by atoms with van der Waals surface area (Å²) in [6.07, 6.45) is 0. The van der Waals surface area contributed by atoms with Crippen LogP contribution in [0.2, 0.25) is 0 Å². The second-order valence-electron chi connectivity index (χ2n) is 3.30. The van der Waals surface area contributed by atoms with E-state index in [1.165, 1.54) is 12.1 Å². The SMILES string of the molecule is O=C(Nc1cc(F)ccc1Br)N[C@H](CO)C(=O)O. The molecule has 1 aromatic carbocycles. The maximum Gasteiger partial charge on any atom is 0.328 e. The number of hydrogen-bond donors (Lipinski definition) is 4. The summed E-state index contributed by atoms with van der Waals surface area (Å²) in [5.74, 6) is -1.92. The number of nitrogens with one attached hydrogen (secondary N) is 2. The first-order valence-electron chi connectivity index (χ1n) is 4.80. The summed E-state index contributed by atoms with van der Waals surface area (Å²) in [4.78, 5) is 22.0. The van der Waals surface area contributed by atoms with E-state index in [0.29, 0.717) is 4.47 Å². The van der Waals surface area contributed by atoms with Crippen molar-refractivity contribution in [3.8, 4) is 0 Å². The Labute approximate surface area is 110 Å². The summed E-state index contributed by atoms with van der Waals surface area (Å²) in [6, 6.07) is 1.38. The fourth-order valence-electron chi connectivity index (χ4n) is 1.10. The molecule has 0 aromatic heterocycles. The van der Waals surface area contributed by atoms with Crippen LogP contribution < -0.4 is 10.6 Å². The average molecular weight is 321 g/mol. The standard InChI is InChI=1S/C10H10BrFN2O4/c11-6-2-1-5(12)3-7(6)13-10(18)14-8(4-15)9(16)17/h1-3,8,15H,4H2,(H,16,17)(H2,13,14,18)/t8-/m1/s1. The first-order chi connectivity index (χ1) is 8.43. The molecule has 0 spiro atoms. The van der Waals surface area contributed by atoms with E-state index in [4.69, 9.17) is 10.2 Å². The minimum Gasteiger partial charge on any atom is -0.480 e. The minimum absolute atomic E-state index is 0.148. The van der Waals surface area contributed by atoms with E-state index in [2.05, 4.69) is 21.2 Å². The van der Waals surface area contributed by atoms with E-state index < -0.39 is 30.5 Å². The Morgan fingerprint density at radius 2 is 2.11 bits per heavy atom. The van der Waals surface area contributed by atoms with E-state index in [1.54, 1.807) is 0 Å². The monoisotopic (exact) mass is 320 g/mol. The molecule has 0 fully saturated rings. The molecule has 0 unspecified atom stereocenters. The van der Waals surface area contributed by atoms with E-state index >= 15 is 0 Å². The van der Waals surface area contributed by atoms with Crippen LogP contribution in [0.3, 0.4) is 0 Å². The first-order valence-corrected chi connectivity index (χ1v) is 5.59. The van der Waals surface area contributed by atoms with Gasteiger partial charge in [0.1, 0.15) is 5.82 Å². The fraction of sp³-hybridized carbons (Fsp3) is 0.200. The van der Waals surface area contributed by atoms with Crippen LogP contribution >= 0.6 is 15.9 Å². The lowest BCUT2D eigenvalue weighted by Gasteiger charge is -2.13. The molecule has 0 saturated heterocycles. The van der Waals surface area contributed by atoms with Crippen molar-refractivity contribution in [3.63, 3.8) is 0 Å². The van der Waals surface area contributed by atoms with Crippen LogP contribution in [0.4, 0.5) is 14.9 Å². The van der Waals surface area contributed by atoms with Gasteiger partial charge in [-0.2, -0.15) is 0 Å². The van der Waals surface area contributed by atoms with Crippen LogP contribution in [0.15, 0.2) is 22.7 Å². The molecule has 0 aliphatic rings. The molecule has 1 atom stereocenters. The zero-order valence-electron chi connectivity index (χ0n) is 8.98. The largest absolute Gasteiger partial charge is 0.480 e. The molecule has 0 aliphatic carbocycles. The Bertz CT molecular complexity index is 469. The lowest BCUT2D eigenvalue weighted by molar-refractivity contribution is -0.140. The Kier molecular flexibility index (Phi) is 5.05. The van der Waals surface area contributed by atoms with Crippen LogP contribution in [0.25, 0.3) is 0 Å². The first kappa shape index (κ1) is 14.4. The number of rotatable bonds is 4. The van der Waals surface area contributed by atoms with Crippen molar-refractivity contribution in [2.75, 3.05) is 11.9 Å². The number of halogens is 2. The summed E-state index contributed by atoms with van der Waals surface area (Å²) in [7, 11) is 0. The lowest BCUT2D eigenvalue weighted by Crippen LogP contribution is -2.45. The molecule has 0 saturated carbocycles. The van der Waals surface area contributed by atoms with E-state index in [1.807, 2.05) is 5.32 Å². The molecule has 1 rings (SSSR count). The molecule has 18 heavy (non-hydrogen) atoms. The van der Waals surface area contributed by atoms with Gasteiger partial charge < -0.3 is 20.8 Å². The zero-order chi connectivity index (χ0) is 13.7. The number of carbonyl (C=O) groups is 2. The number of carboxylic acid groups (broad SMARTS) is 1.